The van der Waals surface area contributed by atoms with Gasteiger partial charge < -0.3 is 19.4 Å². The number of aromatic carboxylic acids is 1. The van der Waals surface area contributed by atoms with Gasteiger partial charge in [-0.2, -0.15) is 5.26 Å². The number of halogens is 2. The van der Waals surface area contributed by atoms with Crippen LogP contribution in [-0.2, 0) is 12.8 Å². The molecule has 3 aromatic carbocycles. The predicted molar refractivity (Wildman–Crippen MR) is 136 cm³/mol. The highest BCUT2D eigenvalue weighted by Crippen LogP contribution is 2.28. The number of hydrogen-bond donors (Lipinski definition) is 2. The van der Waals surface area contributed by atoms with Crippen molar-refractivity contribution < 1.29 is 33.0 Å². The molecule has 0 aromatic heterocycles. The molecule has 0 heterocycles. The van der Waals surface area contributed by atoms with Crippen molar-refractivity contribution in [3.8, 4) is 22.9 Å². The van der Waals surface area contributed by atoms with E-state index in [1.54, 1.807) is 37.3 Å². The Morgan fingerprint density at radius 3 is 2.24 bits per heavy atom. The van der Waals surface area contributed by atoms with Crippen molar-refractivity contribution in [3.05, 3.63) is 88.5 Å². The second-order valence-corrected chi connectivity index (χ2v) is 9.65. The lowest BCUT2D eigenvalue weighted by atomic mass is 10.0. The number of nitrogens with zero attached hydrogens (tertiary/aromatic N) is 2. The number of benzene rings is 3. The Kier molecular flexibility index (Phi) is 8.98. The first-order valence-corrected chi connectivity index (χ1v) is 12.0. The van der Waals surface area contributed by atoms with E-state index in [9.17, 15) is 23.9 Å². The minimum Gasteiger partial charge on any atom is -0.489 e. The van der Waals surface area contributed by atoms with Crippen molar-refractivity contribution in [2.75, 3.05) is 33.8 Å². The molecule has 0 unspecified atom stereocenters. The first-order chi connectivity index (χ1) is 17.5. The van der Waals surface area contributed by atoms with Gasteiger partial charge in [-0.25, -0.2) is 13.6 Å². The van der Waals surface area contributed by atoms with Gasteiger partial charge in [-0.3, -0.25) is 0 Å². The maximum Gasteiger partial charge on any atom is 0.335 e. The van der Waals surface area contributed by atoms with Crippen LogP contribution < -0.4 is 4.74 Å². The van der Waals surface area contributed by atoms with Crippen molar-refractivity contribution in [2.45, 2.75) is 25.9 Å². The highest BCUT2D eigenvalue weighted by atomic mass is 19.1. The number of aliphatic hydroxyl groups is 1. The van der Waals surface area contributed by atoms with E-state index in [0.29, 0.717) is 47.3 Å². The minimum atomic E-state index is -1.01. The SMILES string of the molecule is CCc1c(F)cc(CC[N+](C)(C)C[C@@H](O)COc2cc(-c3ccc(C(=O)O)cc3)ccc2C#N)cc1F. The zero-order valence-electron chi connectivity index (χ0n) is 21.2. The largest absolute Gasteiger partial charge is 0.489 e. The fourth-order valence-electron chi connectivity index (χ4n) is 4.19. The maximum atomic E-state index is 14.1. The minimum absolute atomic E-state index is 0.0494. The van der Waals surface area contributed by atoms with Crippen LogP contribution in [0, 0.1) is 23.0 Å². The van der Waals surface area contributed by atoms with Crippen LogP contribution in [0.1, 0.15) is 34.0 Å². The molecule has 3 rings (SSSR count). The summed E-state index contributed by atoms with van der Waals surface area (Å²) in [7, 11) is 3.83. The Hall–Kier alpha value is -3.80. The molecule has 3 aromatic rings. The molecule has 0 aliphatic carbocycles. The molecular formula is C29H31F2N2O4+. The smallest absolute Gasteiger partial charge is 0.335 e. The first-order valence-electron chi connectivity index (χ1n) is 12.0. The number of rotatable bonds is 11. The van der Waals surface area contributed by atoms with Gasteiger partial charge in [0.2, 0.25) is 0 Å². The molecule has 194 valence electrons. The average Bonchev–Trinajstić information content (AvgIpc) is 2.86. The third kappa shape index (κ3) is 7.35. The van der Waals surface area contributed by atoms with Gasteiger partial charge in [0.05, 0.1) is 31.8 Å². The quantitative estimate of drug-likeness (QED) is 0.362. The fourth-order valence-corrected chi connectivity index (χ4v) is 4.19. The number of aliphatic hydroxyl groups excluding tert-OH is 1. The third-order valence-electron chi connectivity index (χ3n) is 6.26. The lowest BCUT2D eigenvalue weighted by molar-refractivity contribution is -0.893. The molecule has 0 aliphatic heterocycles. The van der Waals surface area contributed by atoms with Gasteiger partial charge in [-0.05, 0) is 59.5 Å². The molecule has 0 radical (unpaired) electrons. The van der Waals surface area contributed by atoms with E-state index in [1.165, 1.54) is 24.3 Å². The Labute approximate surface area is 215 Å². The van der Waals surface area contributed by atoms with Gasteiger partial charge in [0, 0.05) is 12.0 Å². The van der Waals surface area contributed by atoms with E-state index in [4.69, 9.17) is 9.84 Å². The number of likely N-dealkylation sites (N-methyl/N-ethyl adjacent to an activating group) is 1. The van der Waals surface area contributed by atoms with E-state index in [2.05, 4.69) is 6.07 Å². The van der Waals surface area contributed by atoms with Crippen LogP contribution in [0.3, 0.4) is 0 Å². The molecule has 0 fully saturated rings. The lowest BCUT2D eigenvalue weighted by Crippen LogP contribution is -2.48. The van der Waals surface area contributed by atoms with E-state index in [1.807, 2.05) is 14.1 Å². The van der Waals surface area contributed by atoms with E-state index in [0.717, 1.165) is 11.1 Å². The van der Waals surface area contributed by atoms with Gasteiger partial charge in [0.1, 0.15) is 42.7 Å². The monoisotopic (exact) mass is 509 g/mol. The summed E-state index contributed by atoms with van der Waals surface area (Å²) in [6.45, 7) is 2.54. The second kappa shape index (κ2) is 12.0. The Morgan fingerprint density at radius 1 is 1.05 bits per heavy atom. The van der Waals surface area contributed by atoms with Crippen molar-refractivity contribution in [2.24, 2.45) is 0 Å². The standard InChI is InChI=1S/C29H30F2N2O4/c1-4-25-26(30)13-19(14-27(25)31)11-12-33(2,3)17-24(34)18-37-28-15-22(9-10-23(28)16-32)20-5-7-21(8-6-20)29(35)36/h5-10,13-15,24,34H,4,11-12,17-18H2,1-3H3/p+1/t24-/m1/s1. The summed E-state index contributed by atoms with van der Waals surface area (Å²) in [6, 6.07) is 16.2. The van der Waals surface area contributed by atoms with Crippen LogP contribution in [0.5, 0.6) is 5.75 Å². The Morgan fingerprint density at radius 2 is 1.68 bits per heavy atom. The summed E-state index contributed by atoms with van der Waals surface area (Å²) in [4.78, 5) is 11.1. The number of ether oxygens (including phenoxy) is 1. The molecule has 0 saturated heterocycles. The highest BCUT2D eigenvalue weighted by Gasteiger charge is 2.22. The molecule has 1 atom stereocenters. The summed E-state index contributed by atoms with van der Waals surface area (Å²) in [5, 5.41) is 29.2. The molecule has 0 aliphatic rings. The molecule has 8 heteroatoms. The lowest BCUT2D eigenvalue weighted by Gasteiger charge is -2.32. The summed E-state index contributed by atoms with van der Waals surface area (Å²) in [5.41, 5.74) is 2.64. The molecular weight excluding hydrogens is 478 g/mol. The molecule has 0 spiro atoms. The summed E-state index contributed by atoms with van der Waals surface area (Å²) in [5.74, 6) is -1.78. The Bertz CT molecular complexity index is 1280. The third-order valence-corrected chi connectivity index (χ3v) is 6.26. The summed E-state index contributed by atoms with van der Waals surface area (Å²) >= 11 is 0. The number of carbonyl (C=O) groups is 1. The topological polar surface area (TPSA) is 90.6 Å². The van der Waals surface area contributed by atoms with Crippen molar-refractivity contribution in [1.82, 2.24) is 0 Å². The fraction of sp³-hybridized carbons (Fsp3) is 0.310. The molecule has 0 amide bonds. The predicted octanol–water partition coefficient (Wildman–Crippen LogP) is 4.82. The number of hydrogen-bond acceptors (Lipinski definition) is 4. The van der Waals surface area contributed by atoms with Crippen LogP contribution in [0.15, 0.2) is 54.6 Å². The average molecular weight is 510 g/mol. The number of quaternary nitrogens is 1. The summed E-state index contributed by atoms with van der Waals surface area (Å²) < 4.78 is 34.4. The van der Waals surface area contributed by atoms with E-state index in [-0.39, 0.29) is 17.7 Å². The zero-order valence-corrected chi connectivity index (χ0v) is 21.2. The van der Waals surface area contributed by atoms with Crippen LogP contribution in [-0.4, -0.2) is 60.6 Å². The van der Waals surface area contributed by atoms with E-state index < -0.39 is 23.7 Å². The maximum absolute atomic E-state index is 14.1. The van der Waals surface area contributed by atoms with Gasteiger partial charge in [0.25, 0.3) is 0 Å². The molecule has 37 heavy (non-hydrogen) atoms. The number of carboxylic acid groups (broad SMARTS) is 1. The molecule has 0 saturated carbocycles. The van der Waals surface area contributed by atoms with Crippen LogP contribution in [0.4, 0.5) is 8.78 Å². The van der Waals surface area contributed by atoms with Gasteiger partial charge >= 0.3 is 5.97 Å². The Balaban J connectivity index is 1.62. The van der Waals surface area contributed by atoms with Crippen molar-refractivity contribution in [1.29, 1.82) is 5.26 Å². The molecule has 6 nitrogen and oxygen atoms in total. The zero-order chi connectivity index (χ0) is 27.2. The first kappa shape index (κ1) is 27.8. The number of carboxylic acids is 1. The summed E-state index contributed by atoms with van der Waals surface area (Å²) in [6.07, 6.45) is -0.116. The van der Waals surface area contributed by atoms with Crippen molar-refractivity contribution in [3.63, 3.8) is 0 Å². The van der Waals surface area contributed by atoms with E-state index >= 15 is 0 Å². The van der Waals surface area contributed by atoms with Crippen molar-refractivity contribution >= 4 is 5.97 Å². The normalized spacial score (nSPS) is 12.1. The second-order valence-electron chi connectivity index (χ2n) is 9.65. The van der Waals surface area contributed by atoms with Gasteiger partial charge in [-0.15, -0.1) is 0 Å². The van der Waals surface area contributed by atoms with Crippen LogP contribution in [0.25, 0.3) is 11.1 Å². The number of nitriles is 1. The van der Waals surface area contributed by atoms with Gasteiger partial charge in [-0.1, -0.05) is 25.1 Å². The van der Waals surface area contributed by atoms with Crippen LogP contribution >= 0.6 is 0 Å². The van der Waals surface area contributed by atoms with Gasteiger partial charge in [0.15, 0.2) is 0 Å². The molecule has 0 bridgehead atoms. The molecule has 2 N–H and O–H groups in total. The highest BCUT2D eigenvalue weighted by molar-refractivity contribution is 5.88. The van der Waals surface area contributed by atoms with Crippen LogP contribution in [0.2, 0.25) is 0 Å².